The van der Waals surface area contributed by atoms with Crippen LogP contribution in [-0.4, -0.2) is 12.0 Å². The Morgan fingerprint density at radius 3 is 2.19 bits per heavy atom. The molecule has 4 aliphatic carbocycles. The number of carbonyl (C=O) groups excluding carboxylic acids is 1. The van der Waals surface area contributed by atoms with Gasteiger partial charge >= 0.3 is 0 Å². The van der Waals surface area contributed by atoms with Gasteiger partial charge < -0.3 is 10.1 Å². The second kappa shape index (κ2) is 8.00. The topological polar surface area (TPSA) is 38.3 Å². The number of amides is 1. The highest BCUT2D eigenvalue weighted by molar-refractivity contribution is 5.94. The van der Waals surface area contributed by atoms with E-state index in [1.807, 2.05) is 32.9 Å². The zero-order valence-electron chi connectivity index (χ0n) is 19.1. The molecule has 1 N–H and O–H groups in total. The molecule has 3 heteroatoms. The van der Waals surface area contributed by atoms with Crippen LogP contribution in [0, 0.1) is 31.6 Å². The fourth-order valence-electron chi connectivity index (χ4n) is 6.90. The molecule has 0 spiro atoms. The third kappa shape index (κ3) is 4.00. The van der Waals surface area contributed by atoms with Crippen LogP contribution in [0.1, 0.15) is 68.6 Å². The summed E-state index contributed by atoms with van der Waals surface area (Å²) in [5.41, 5.74) is 4.94. The van der Waals surface area contributed by atoms with Crippen LogP contribution in [0.2, 0.25) is 0 Å². The minimum absolute atomic E-state index is 0.0778. The number of rotatable bonds is 6. The van der Waals surface area contributed by atoms with Gasteiger partial charge in [0, 0.05) is 5.69 Å². The number of hydrogen-bond donors (Lipinski definition) is 1. The Balaban J connectivity index is 1.27. The van der Waals surface area contributed by atoms with Crippen molar-refractivity contribution in [2.45, 2.75) is 77.2 Å². The fourth-order valence-corrected chi connectivity index (χ4v) is 6.90. The first-order chi connectivity index (χ1) is 14.9. The summed E-state index contributed by atoms with van der Waals surface area (Å²) in [6.07, 6.45) is 8.63. The fraction of sp³-hybridized carbons (Fsp3) is 0.536. The molecule has 4 saturated carbocycles. The van der Waals surface area contributed by atoms with Crippen molar-refractivity contribution in [2.24, 2.45) is 17.8 Å². The van der Waals surface area contributed by atoms with Crippen molar-refractivity contribution in [3.05, 3.63) is 59.2 Å². The van der Waals surface area contributed by atoms with Crippen LogP contribution in [-0.2, 0) is 10.2 Å². The first kappa shape index (κ1) is 20.6. The van der Waals surface area contributed by atoms with Crippen molar-refractivity contribution >= 4 is 11.6 Å². The average molecular weight is 418 g/mol. The Labute approximate surface area is 186 Å². The molecule has 6 rings (SSSR count). The van der Waals surface area contributed by atoms with E-state index in [2.05, 4.69) is 35.6 Å². The van der Waals surface area contributed by atoms with Crippen molar-refractivity contribution in [1.82, 2.24) is 0 Å². The summed E-state index contributed by atoms with van der Waals surface area (Å²) in [4.78, 5) is 12.9. The second-order valence-corrected chi connectivity index (χ2v) is 10.5. The van der Waals surface area contributed by atoms with E-state index in [-0.39, 0.29) is 5.91 Å². The van der Waals surface area contributed by atoms with E-state index in [0.29, 0.717) is 11.8 Å². The summed E-state index contributed by atoms with van der Waals surface area (Å²) in [5, 5.41) is 3.08. The van der Waals surface area contributed by atoms with Gasteiger partial charge in [0.15, 0.2) is 6.10 Å². The summed E-state index contributed by atoms with van der Waals surface area (Å²) in [5.74, 6) is 3.54. The second-order valence-electron chi connectivity index (χ2n) is 10.5. The molecule has 164 valence electrons. The van der Waals surface area contributed by atoms with Gasteiger partial charge in [0.2, 0.25) is 0 Å². The predicted octanol–water partition coefficient (Wildman–Crippen LogP) is 6.57. The maximum atomic E-state index is 12.9. The number of anilines is 1. The van der Waals surface area contributed by atoms with Crippen molar-refractivity contribution < 1.29 is 9.53 Å². The highest BCUT2D eigenvalue weighted by Gasteiger charge is 2.51. The van der Waals surface area contributed by atoms with Crippen molar-refractivity contribution in [2.75, 3.05) is 5.32 Å². The Hall–Kier alpha value is -2.29. The number of aryl methyl sites for hydroxylation is 2. The van der Waals surface area contributed by atoms with E-state index >= 15 is 0 Å². The third-order valence-electron chi connectivity index (χ3n) is 8.08. The summed E-state index contributed by atoms with van der Waals surface area (Å²) in [6, 6.07) is 14.8. The summed E-state index contributed by atoms with van der Waals surface area (Å²) in [6.45, 7) is 6.05. The molecular formula is C28H35NO2. The highest BCUT2D eigenvalue weighted by Crippen LogP contribution is 2.60. The normalized spacial score (nSPS) is 29.6. The molecule has 0 unspecified atom stereocenters. The van der Waals surface area contributed by atoms with E-state index in [1.165, 1.54) is 44.1 Å². The number of nitrogens with one attached hydrogen (secondary N) is 1. The monoisotopic (exact) mass is 417 g/mol. The smallest absolute Gasteiger partial charge is 0.265 e. The zero-order valence-corrected chi connectivity index (χ0v) is 19.1. The number of benzene rings is 2. The lowest BCUT2D eigenvalue weighted by Gasteiger charge is -2.57. The van der Waals surface area contributed by atoms with Crippen molar-refractivity contribution in [1.29, 1.82) is 0 Å². The highest BCUT2D eigenvalue weighted by atomic mass is 16.5. The molecule has 0 aromatic heterocycles. The van der Waals surface area contributed by atoms with E-state index in [1.54, 1.807) is 0 Å². The Morgan fingerprint density at radius 1 is 1.00 bits per heavy atom. The molecule has 4 bridgehead atoms. The van der Waals surface area contributed by atoms with Crippen LogP contribution < -0.4 is 10.1 Å². The van der Waals surface area contributed by atoms with Crippen molar-refractivity contribution in [3.63, 3.8) is 0 Å². The number of ether oxygens (including phenoxy) is 1. The molecule has 3 nitrogen and oxygen atoms in total. The Kier molecular flexibility index (Phi) is 5.32. The van der Waals surface area contributed by atoms with Gasteiger partial charge in [-0.15, -0.1) is 0 Å². The predicted molar refractivity (Wildman–Crippen MR) is 126 cm³/mol. The minimum atomic E-state index is -0.497. The maximum Gasteiger partial charge on any atom is 0.265 e. The molecular weight excluding hydrogens is 382 g/mol. The average Bonchev–Trinajstić information content (AvgIpc) is 2.73. The maximum absolute atomic E-state index is 12.9. The first-order valence-electron chi connectivity index (χ1n) is 12.1. The van der Waals surface area contributed by atoms with Gasteiger partial charge in [0.25, 0.3) is 5.91 Å². The van der Waals surface area contributed by atoms with Crippen LogP contribution in [0.25, 0.3) is 0 Å². The van der Waals surface area contributed by atoms with Crippen LogP contribution in [0.3, 0.4) is 0 Å². The van der Waals surface area contributed by atoms with Crippen LogP contribution in [0.4, 0.5) is 5.69 Å². The molecule has 0 radical (unpaired) electrons. The lowest BCUT2D eigenvalue weighted by atomic mass is 9.48. The van der Waals surface area contributed by atoms with E-state index in [0.717, 1.165) is 40.3 Å². The van der Waals surface area contributed by atoms with Crippen LogP contribution >= 0.6 is 0 Å². The Morgan fingerprint density at radius 2 is 1.61 bits per heavy atom. The molecule has 0 heterocycles. The molecule has 1 atom stereocenters. The lowest BCUT2D eigenvalue weighted by Crippen LogP contribution is -2.48. The largest absolute Gasteiger partial charge is 0.480 e. The summed E-state index contributed by atoms with van der Waals surface area (Å²) in [7, 11) is 0. The third-order valence-corrected chi connectivity index (χ3v) is 8.08. The molecule has 0 aliphatic heterocycles. The van der Waals surface area contributed by atoms with Gasteiger partial charge in [-0.1, -0.05) is 31.2 Å². The van der Waals surface area contributed by atoms with Gasteiger partial charge in [0.05, 0.1) is 0 Å². The SMILES string of the molecule is CC[C@@H](Oc1cc(C)ccc1C)C(=O)Nc1ccc(C23CC4CC(CC(C4)C2)C3)cc1. The minimum Gasteiger partial charge on any atom is -0.480 e. The molecule has 0 saturated heterocycles. The van der Waals surface area contributed by atoms with Gasteiger partial charge in [-0.25, -0.2) is 0 Å². The van der Waals surface area contributed by atoms with E-state index in [4.69, 9.17) is 4.74 Å². The molecule has 4 aliphatic rings. The number of hydrogen-bond acceptors (Lipinski definition) is 2. The lowest BCUT2D eigenvalue weighted by molar-refractivity contribution is -0.122. The molecule has 31 heavy (non-hydrogen) atoms. The zero-order chi connectivity index (χ0) is 21.6. The first-order valence-corrected chi connectivity index (χ1v) is 12.1. The molecule has 1 amide bonds. The van der Waals surface area contributed by atoms with E-state index < -0.39 is 6.10 Å². The van der Waals surface area contributed by atoms with Gasteiger partial charge in [-0.05, 0) is 117 Å². The number of carbonyl (C=O) groups is 1. The molecule has 4 fully saturated rings. The van der Waals surface area contributed by atoms with Gasteiger partial charge in [0.1, 0.15) is 5.75 Å². The van der Waals surface area contributed by atoms with Crippen molar-refractivity contribution in [3.8, 4) is 5.75 Å². The quantitative estimate of drug-likeness (QED) is 0.577. The van der Waals surface area contributed by atoms with Gasteiger partial charge in [-0.2, -0.15) is 0 Å². The van der Waals surface area contributed by atoms with Crippen LogP contribution in [0.5, 0.6) is 5.75 Å². The standard InChI is InChI=1S/C28H35NO2/c1-4-25(31-26-11-18(2)5-6-19(26)3)27(30)29-24-9-7-23(8-10-24)28-15-20-12-21(16-28)14-22(13-20)17-28/h5-11,20-22,25H,4,12-17H2,1-3H3,(H,29,30)/t20?,21?,22?,25-,28?/m1/s1. The van der Waals surface area contributed by atoms with E-state index in [9.17, 15) is 4.79 Å². The summed E-state index contributed by atoms with van der Waals surface area (Å²) < 4.78 is 6.09. The van der Waals surface area contributed by atoms with Gasteiger partial charge in [-0.3, -0.25) is 4.79 Å². The summed E-state index contributed by atoms with van der Waals surface area (Å²) >= 11 is 0. The van der Waals surface area contributed by atoms with Crippen LogP contribution in [0.15, 0.2) is 42.5 Å². The molecule has 2 aromatic rings. The Bertz CT molecular complexity index is 926. The molecule has 2 aromatic carbocycles.